The van der Waals surface area contributed by atoms with E-state index in [1.165, 1.54) is 36.4 Å². The smallest absolute Gasteiger partial charge is 0.191 e. The van der Waals surface area contributed by atoms with Crippen molar-refractivity contribution in [1.29, 1.82) is 0 Å². The quantitative estimate of drug-likeness (QED) is 0.360. The van der Waals surface area contributed by atoms with Gasteiger partial charge >= 0.3 is 0 Å². The summed E-state index contributed by atoms with van der Waals surface area (Å²) in [6, 6.07) is 22.6. The van der Waals surface area contributed by atoms with Crippen molar-refractivity contribution in [2.45, 2.75) is 35.8 Å². The molecule has 0 spiro atoms. The molecular weight excluding hydrogens is 451 g/mol. The Morgan fingerprint density at radius 1 is 0.853 bits per heavy atom. The summed E-state index contributed by atoms with van der Waals surface area (Å²) in [7, 11) is -3.92. The van der Waals surface area contributed by atoms with Crippen LogP contribution < -0.4 is 5.43 Å². The second-order valence-electron chi connectivity index (χ2n) is 8.90. The molecule has 0 unspecified atom stereocenters. The van der Waals surface area contributed by atoms with Gasteiger partial charge in [0, 0.05) is 23.6 Å². The van der Waals surface area contributed by atoms with Gasteiger partial charge in [0.25, 0.3) is 0 Å². The van der Waals surface area contributed by atoms with Gasteiger partial charge < -0.3 is 4.42 Å². The maximum absolute atomic E-state index is 14.1. The van der Waals surface area contributed by atoms with Gasteiger partial charge in [-0.15, -0.1) is 0 Å². The molecule has 1 aliphatic rings. The van der Waals surface area contributed by atoms with Crippen LogP contribution in [-0.2, 0) is 14.6 Å². The van der Waals surface area contributed by atoms with Crippen LogP contribution in [0, 0.1) is 19.7 Å². The minimum atomic E-state index is -3.92. The zero-order valence-electron chi connectivity index (χ0n) is 18.8. The van der Waals surface area contributed by atoms with E-state index >= 15 is 0 Å². The molecule has 1 aromatic heterocycles. The van der Waals surface area contributed by atoms with Crippen molar-refractivity contribution in [2.75, 3.05) is 0 Å². The molecule has 2 atom stereocenters. The Labute approximate surface area is 197 Å². The van der Waals surface area contributed by atoms with E-state index in [1.807, 2.05) is 38.1 Å². The molecule has 0 N–H and O–H groups in total. The van der Waals surface area contributed by atoms with E-state index in [0.717, 1.165) is 16.7 Å². The number of hydrogen-bond acceptors (Lipinski definition) is 4. The molecule has 0 saturated heterocycles. The first-order chi connectivity index (χ1) is 16.2. The molecule has 172 valence electrons. The average Bonchev–Trinajstić information content (AvgIpc) is 3.58. The maximum atomic E-state index is 14.1. The molecule has 1 heterocycles. The zero-order valence-corrected chi connectivity index (χ0v) is 19.6. The third-order valence-electron chi connectivity index (χ3n) is 6.51. The lowest BCUT2D eigenvalue weighted by Crippen LogP contribution is -2.25. The predicted molar refractivity (Wildman–Crippen MR) is 129 cm³/mol. The standard InChI is InChI=1S/C28H23FO4S/c1-18-3-7-20(8-4-18)25-17-28(25,34(31,32)24-13-5-19(2)6-14-24)27-16-23(30)15-26(33-27)21-9-11-22(29)12-10-21/h3-16,25H,17H2,1-2H3/t25-,28+/m0/s1. The molecule has 0 amide bonds. The van der Waals surface area contributed by atoms with Gasteiger partial charge in [0.1, 0.15) is 22.1 Å². The Morgan fingerprint density at radius 3 is 2.06 bits per heavy atom. The summed E-state index contributed by atoms with van der Waals surface area (Å²) in [6.07, 6.45) is 0.294. The van der Waals surface area contributed by atoms with E-state index in [-0.39, 0.29) is 27.8 Å². The van der Waals surface area contributed by atoms with E-state index in [0.29, 0.717) is 12.0 Å². The molecule has 3 aromatic carbocycles. The van der Waals surface area contributed by atoms with E-state index in [4.69, 9.17) is 4.42 Å². The molecule has 1 fully saturated rings. The minimum Gasteiger partial charge on any atom is -0.459 e. The van der Waals surface area contributed by atoms with E-state index < -0.39 is 20.4 Å². The second kappa shape index (κ2) is 8.06. The van der Waals surface area contributed by atoms with E-state index in [9.17, 15) is 17.6 Å². The summed E-state index contributed by atoms with van der Waals surface area (Å²) in [4.78, 5) is 12.9. The highest BCUT2D eigenvalue weighted by molar-refractivity contribution is 7.92. The Kier molecular flexibility index (Phi) is 5.29. The van der Waals surface area contributed by atoms with Gasteiger partial charge in [0.2, 0.25) is 0 Å². The van der Waals surface area contributed by atoms with Crippen LogP contribution in [0.25, 0.3) is 11.3 Å². The van der Waals surface area contributed by atoms with Crippen molar-refractivity contribution in [3.63, 3.8) is 0 Å². The first-order valence-electron chi connectivity index (χ1n) is 11.0. The van der Waals surface area contributed by atoms with Gasteiger partial charge in [-0.05, 0) is 62.2 Å². The summed E-state index contributed by atoms with van der Waals surface area (Å²) in [6.45, 7) is 3.86. The second-order valence-corrected chi connectivity index (χ2v) is 11.1. The molecule has 1 saturated carbocycles. The number of aryl methyl sites for hydroxylation is 2. The molecule has 0 radical (unpaired) electrons. The SMILES string of the molecule is Cc1ccc([C@@H]2C[C@@]2(c2cc(=O)cc(-c3ccc(F)cc3)o2)S(=O)(=O)c2ccc(C)cc2)cc1. The monoisotopic (exact) mass is 474 g/mol. The fraction of sp³-hybridized carbons (Fsp3) is 0.179. The Hall–Kier alpha value is -3.51. The molecule has 4 nitrogen and oxygen atoms in total. The fourth-order valence-corrected chi connectivity index (χ4v) is 6.68. The molecular formula is C28H23FO4S. The van der Waals surface area contributed by atoms with Crippen LogP contribution in [-0.4, -0.2) is 8.42 Å². The first-order valence-corrected chi connectivity index (χ1v) is 12.5. The number of halogens is 1. The lowest BCUT2D eigenvalue weighted by Gasteiger charge is -2.19. The Bertz CT molecular complexity index is 1520. The van der Waals surface area contributed by atoms with Gasteiger partial charge in [0.05, 0.1) is 4.90 Å². The van der Waals surface area contributed by atoms with E-state index in [1.54, 1.807) is 24.3 Å². The fourth-order valence-electron chi connectivity index (χ4n) is 4.50. The first kappa shape index (κ1) is 22.3. The molecule has 0 bridgehead atoms. The van der Waals surface area contributed by atoms with Crippen molar-refractivity contribution in [3.05, 3.63) is 123 Å². The third kappa shape index (κ3) is 3.68. The van der Waals surface area contributed by atoms with Crippen molar-refractivity contribution >= 4 is 9.84 Å². The van der Waals surface area contributed by atoms with Gasteiger partial charge in [-0.1, -0.05) is 47.5 Å². The average molecular weight is 475 g/mol. The molecule has 4 aromatic rings. The number of benzene rings is 3. The van der Waals surface area contributed by atoms with Gasteiger partial charge in [0.15, 0.2) is 15.3 Å². The number of sulfone groups is 1. The number of hydrogen-bond donors (Lipinski definition) is 0. The molecule has 34 heavy (non-hydrogen) atoms. The topological polar surface area (TPSA) is 64.3 Å². The zero-order chi connectivity index (χ0) is 24.1. The van der Waals surface area contributed by atoms with Gasteiger partial charge in [-0.25, -0.2) is 12.8 Å². The van der Waals surface area contributed by atoms with Crippen molar-refractivity contribution in [3.8, 4) is 11.3 Å². The third-order valence-corrected chi connectivity index (χ3v) is 9.02. The van der Waals surface area contributed by atoms with Crippen LogP contribution >= 0.6 is 0 Å². The Morgan fingerprint density at radius 2 is 1.44 bits per heavy atom. The maximum Gasteiger partial charge on any atom is 0.191 e. The Balaban J connectivity index is 1.70. The lowest BCUT2D eigenvalue weighted by atomic mass is 10.1. The van der Waals surface area contributed by atoms with E-state index in [2.05, 4.69) is 0 Å². The van der Waals surface area contributed by atoms with Crippen LogP contribution in [0.4, 0.5) is 4.39 Å². The highest BCUT2D eigenvalue weighted by Gasteiger charge is 2.67. The minimum absolute atomic E-state index is 0.102. The summed E-state index contributed by atoms with van der Waals surface area (Å²) in [5.74, 6) is -0.477. The van der Waals surface area contributed by atoms with Crippen LogP contribution in [0.2, 0.25) is 0 Å². The lowest BCUT2D eigenvalue weighted by molar-refractivity contribution is 0.476. The van der Waals surface area contributed by atoms with Gasteiger partial charge in [-0.3, -0.25) is 4.79 Å². The largest absolute Gasteiger partial charge is 0.459 e. The molecule has 0 aliphatic heterocycles. The highest BCUT2D eigenvalue weighted by Crippen LogP contribution is 2.65. The summed E-state index contributed by atoms with van der Waals surface area (Å²) in [5.41, 5.74) is 3.02. The molecule has 5 rings (SSSR count). The van der Waals surface area contributed by atoms with Crippen LogP contribution in [0.3, 0.4) is 0 Å². The molecule has 1 aliphatic carbocycles. The number of rotatable bonds is 5. The van der Waals surface area contributed by atoms with Gasteiger partial charge in [-0.2, -0.15) is 0 Å². The summed E-state index contributed by atoms with van der Waals surface area (Å²) >= 11 is 0. The van der Waals surface area contributed by atoms with Crippen LogP contribution in [0.5, 0.6) is 0 Å². The van der Waals surface area contributed by atoms with Crippen molar-refractivity contribution in [2.24, 2.45) is 0 Å². The summed E-state index contributed by atoms with van der Waals surface area (Å²) in [5, 5.41) is 0. The normalized spacial score (nSPS) is 19.7. The van der Waals surface area contributed by atoms with Crippen molar-refractivity contribution in [1.82, 2.24) is 0 Å². The summed E-state index contributed by atoms with van der Waals surface area (Å²) < 4.78 is 46.3. The van der Waals surface area contributed by atoms with Crippen LogP contribution in [0.15, 0.2) is 99.0 Å². The van der Waals surface area contributed by atoms with Crippen molar-refractivity contribution < 1.29 is 17.2 Å². The van der Waals surface area contributed by atoms with Crippen LogP contribution in [0.1, 0.15) is 34.8 Å². The predicted octanol–water partition coefficient (Wildman–Crippen LogP) is 5.92. The highest BCUT2D eigenvalue weighted by atomic mass is 32.2. The molecule has 6 heteroatoms.